The Morgan fingerprint density at radius 1 is 1.39 bits per heavy atom. The average Bonchev–Trinajstić information content (AvgIpc) is 2.29. The molecule has 0 atom stereocenters. The van der Waals surface area contributed by atoms with E-state index in [1.165, 1.54) is 0 Å². The van der Waals surface area contributed by atoms with Gasteiger partial charge in [-0.25, -0.2) is 0 Å². The molecule has 0 fully saturated rings. The largest absolute Gasteiger partial charge is 0.507 e. The van der Waals surface area contributed by atoms with Gasteiger partial charge in [-0.1, -0.05) is 43.8 Å². The number of phenolic OH excluding ortho intramolecular Hbond substituents is 1. The number of hydrogen-bond donors (Lipinski definition) is 1. The predicted octanol–water partition coefficient (Wildman–Crippen LogP) is 3.74. The van der Waals surface area contributed by atoms with Crippen molar-refractivity contribution in [3.8, 4) is 17.6 Å². The fourth-order valence-corrected chi connectivity index (χ4v) is 1.41. The Morgan fingerprint density at radius 2 is 2.11 bits per heavy atom. The van der Waals surface area contributed by atoms with Crippen LogP contribution in [-0.4, -0.2) is 11.7 Å². The molecule has 0 radical (unpaired) electrons. The van der Waals surface area contributed by atoms with E-state index in [4.69, 9.17) is 5.53 Å². The fraction of sp³-hybridized carbons (Fsp3) is 0.429. The second kappa shape index (κ2) is 6.00. The molecule has 18 heavy (non-hydrogen) atoms. The Bertz CT molecular complexity index is 526. The van der Waals surface area contributed by atoms with Crippen LogP contribution in [0.4, 0.5) is 0 Å². The van der Waals surface area contributed by atoms with Gasteiger partial charge in [0.05, 0.1) is 5.56 Å². The molecule has 4 heteroatoms. The molecular weight excluding hydrogens is 226 g/mol. The molecule has 1 aromatic carbocycles. The van der Waals surface area contributed by atoms with Crippen LogP contribution >= 0.6 is 0 Å². The minimum atomic E-state index is 0.0230. The first-order chi connectivity index (χ1) is 8.45. The van der Waals surface area contributed by atoms with Crippen LogP contribution in [0.15, 0.2) is 23.3 Å². The number of azide groups is 1. The summed E-state index contributed by atoms with van der Waals surface area (Å²) in [6.45, 7) is 6.68. The summed E-state index contributed by atoms with van der Waals surface area (Å²) in [7, 11) is 0. The van der Waals surface area contributed by atoms with Gasteiger partial charge in [0.1, 0.15) is 5.75 Å². The minimum Gasteiger partial charge on any atom is -0.507 e. The zero-order chi connectivity index (χ0) is 13.6. The zero-order valence-electron chi connectivity index (χ0n) is 10.9. The molecule has 0 unspecified atom stereocenters. The number of hydrogen-bond acceptors (Lipinski definition) is 2. The third kappa shape index (κ3) is 4.04. The zero-order valence-corrected chi connectivity index (χ0v) is 10.9. The average molecular weight is 243 g/mol. The highest BCUT2D eigenvalue weighted by Crippen LogP contribution is 2.26. The Hall–Kier alpha value is -2.11. The van der Waals surface area contributed by atoms with Crippen LogP contribution in [0.5, 0.6) is 5.75 Å². The second-order valence-corrected chi connectivity index (χ2v) is 4.99. The molecule has 0 aromatic heterocycles. The number of phenols is 1. The van der Waals surface area contributed by atoms with Gasteiger partial charge in [0.15, 0.2) is 0 Å². The van der Waals surface area contributed by atoms with Crippen LogP contribution in [0.1, 0.15) is 38.3 Å². The standard InChI is InChI=1S/C14H17N3O/c1-14(2,3)12-7-8-13(18)11(10-12)6-4-5-9-16-17-15/h7-8,10,18H,5,9H2,1-3H3. The van der Waals surface area contributed by atoms with E-state index in [9.17, 15) is 5.11 Å². The Labute approximate surface area is 107 Å². The topological polar surface area (TPSA) is 69.0 Å². The lowest BCUT2D eigenvalue weighted by atomic mass is 9.86. The van der Waals surface area contributed by atoms with Crippen molar-refractivity contribution in [1.29, 1.82) is 0 Å². The Kier molecular flexibility index (Phi) is 4.65. The molecular formula is C14H17N3O. The minimum absolute atomic E-state index is 0.0230. The highest BCUT2D eigenvalue weighted by atomic mass is 16.3. The van der Waals surface area contributed by atoms with E-state index in [0.717, 1.165) is 5.56 Å². The first-order valence-corrected chi connectivity index (χ1v) is 5.78. The molecule has 0 spiro atoms. The first kappa shape index (κ1) is 14.0. The maximum absolute atomic E-state index is 9.72. The number of aromatic hydroxyl groups is 1. The van der Waals surface area contributed by atoms with Crippen molar-refractivity contribution in [2.45, 2.75) is 32.6 Å². The molecule has 94 valence electrons. The highest BCUT2D eigenvalue weighted by Gasteiger charge is 2.14. The van der Waals surface area contributed by atoms with Gasteiger partial charge in [-0.05, 0) is 28.6 Å². The molecule has 4 nitrogen and oxygen atoms in total. The second-order valence-electron chi connectivity index (χ2n) is 4.99. The van der Waals surface area contributed by atoms with Crippen LogP contribution in [-0.2, 0) is 5.41 Å². The molecule has 0 heterocycles. The van der Waals surface area contributed by atoms with Crippen molar-refractivity contribution in [2.24, 2.45) is 5.11 Å². The quantitative estimate of drug-likeness (QED) is 0.277. The summed E-state index contributed by atoms with van der Waals surface area (Å²) < 4.78 is 0. The molecule has 0 saturated carbocycles. The van der Waals surface area contributed by atoms with E-state index in [0.29, 0.717) is 18.5 Å². The van der Waals surface area contributed by atoms with Gasteiger partial charge in [0.2, 0.25) is 0 Å². The molecule has 0 aliphatic heterocycles. The SMILES string of the molecule is CC(C)(C)c1ccc(O)c(C#CCCN=[N+]=[N-])c1. The Morgan fingerprint density at radius 3 is 2.72 bits per heavy atom. The van der Waals surface area contributed by atoms with E-state index in [1.807, 2.05) is 12.1 Å². The lowest BCUT2D eigenvalue weighted by Crippen LogP contribution is -2.10. The molecule has 1 rings (SSSR count). The molecule has 0 bridgehead atoms. The van der Waals surface area contributed by atoms with E-state index in [1.54, 1.807) is 6.07 Å². The van der Waals surface area contributed by atoms with Crippen molar-refractivity contribution in [1.82, 2.24) is 0 Å². The lowest BCUT2D eigenvalue weighted by molar-refractivity contribution is 0.472. The number of rotatable bonds is 2. The summed E-state index contributed by atoms with van der Waals surface area (Å²) in [6.07, 6.45) is 0.489. The maximum Gasteiger partial charge on any atom is 0.131 e. The monoisotopic (exact) mass is 243 g/mol. The van der Waals surface area contributed by atoms with E-state index in [-0.39, 0.29) is 11.2 Å². The molecule has 0 saturated heterocycles. The molecule has 1 N–H and O–H groups in total. The van der Waals surface area contributed by atoms with Crippen molar-refractivity contribution in [3.63, 3.8) is 0 Å². The van der Waals surface area contributed by atoms with Gasteiger partial charge < -0.3 is 5.11 Å². The number of nitrogens with zero attached hydrogens (tertiary/aromatic N) is 3. The predicted molar refractivity (Wildman–Crippen MR) is 72.3 cm³/mol. The van der Waals surface area contributed by atoms with Crippen molar-refractivity contribution in [3.05, 3.63) is 39.8 Å². The first-order valence-electron chi connectivity index (χ1n) is 5.78. The van der Waals surface area contributed by atoms with Crippen molar-refractivity contribution in [2.75, 3.05) is 6.54 Å². The number of benzene rings is 1. The van der Waals surface area contributed by atoms with Gasteiger partial charge in [-0.15, -0.1) is 0 Å². The summed E-state index contributed by atoms with van der Waals surface area (Å²) >= 11 is 0. The van der Waals surface area contributed by atoms with Gasteiger partial charge in [-0.2, -0.15) is 0 Å². The third-order valence-corrected chi connectivity index (χ3v) is 2.49. The smallest absolute Gasteiger partial charge is 0.131 e. The van der Waals surface area contributed by atoms with Crippen molar-refractivity contribution >= 4 is 0 Å². The summed E-state index contributed by atoms with van der Waals surface area (Å²) in [5.74, 6) is 5.96. The van der Waals surface area contributed by atoms with Gasteiger partial charge in [-0.3, -0.25) is 0 Å². The summed E-state index contributed by atoms with van der Waals surface area (Å²) in [5.41, 5.74) is 9.88. The normalized spacial score (nSPS) is 10.2. The summed E-state index contributed by atoms with van der Waals surface area (Å²) in [6, 6.07) is 5.47. The summed E-state index contributed by atoms with van der Waals surface area (Å²) in [5, 5.41) is 13.1. The van der Waals surface area contributed by atoms with Crippen LogP contribution in [0.2, 0.25) is 0 Å². The van der Waals surface area contributed by atoms with Crippen molar-refractivity contribution < 1.29 is 5.11 Å². The van der Waals surface area contributed by atoms with Gasteiger partial charge >= 0.3 is 0 Å². The van der Waals surface area contributed by atoms with E-state index < -0.39 is 0 Å². The molecule has 0 aliphatic rings. The third-order valence-electron chi connectivity index (χ3n) is 2.49. The van der Waals surface area contributed by atoms with Crippen LogP contribution in [0, 0.1) is 11.8 Å². The van der Waals surface area contributed by atoms with Crippen LogP contribution in [0.3, 0.4) is 0 Å². The molecule has 0 aliphatic carbocycles. The highest BCUT2D eigenvalue weighted by molar-refractivity contribution is 5.48. The lowest BCUT2D eigenvalue weighted by Gasteiger charge is -2.19. The van der Waals surface area contributed by atoms with E-state index in [2.05, 4.69) is 42.6 Å². The fourth-order valence-electron chi connectivity index (χ4n) is 1.41. The maximum atomic E-state index is 9.72. The molecule has 0 amide bonds. The van der Waals surface area contributed by atoms with Crippen LogP contribution < -0.4 is 0 Å². The van der Waals surface area contributed by atoms with Crippen LogP contribution in [0.25, 0.3) is 10.4 Å². The molecule has 1 aromatic rings. The summed E-state index contributed by atoms with van der Waals surface area (Å²) in [4.78, 5) is 2.65. The van der Waals surface area contributed by atoms with Gasteiger partial charge in [0.25, 0.3) is 0 Å². The van der Waals surface area contributed by atoms with E-state index >= 15 is 0 Å². The van der Waals surface area contributed by atoms with Gasteiger partial charge in [0, 0.05) is 17.9 Å². The Balaban J connectivity index is 2.91.